The van der Waals surface area contributed by atoms with Crippen LogP contribution in [0.1, 0.15) is 44.6 Å². The molecule has 186 valence electrons. The molecule has 9 nitrogen and oxygen atoms in total. The van der Waals surface area contributed by atoms with Crippen LogP contribution in [0.2, 0.25) is 0 Å². The van der Waals surface area contributed by atoms with Crippen LogP contribution >= 0.6 is 0 Å². The van der Waals surface area contributed by atoms with Gasteiger partial charge in [-0.05, 0) is 35.1 Å². The van der Waals surface area contributed by atoms with Gasteiger partial charge in [0.05, 0.1) is 0 Å². The third-order valence-electron chi connectivity index (χ3n) is 6.53. The molecule has 10 heteroatoms. The number of nitrogen functional groups attached to an aromatic ring is 1. The molecule has 1 saturated heterocycles. The molecule has 0 aliphatic carbocycles. The second-order valence-electron chi connectivity index (χ2n) is 10.7. The zero-order valence-corrected chi connectivity index (χ0v) is 20.9. The number of carbonyl (C=O) groups is 1. The SMILES string of the molecule is CC(=O)N1CCc2cc(N3CC3)c(Cc3nc4c(N)nc(F)nc4n3CCNCC(C)(C)C)cc21. The van der Waals surface area contributed by atoms with Gasteiger partial charge in [-0.1, -0.05) is 20.8 Å². The maximum absolute atomic E-state index is 14.1. The first-order valence-electron chi connectivity index (χ1n) is 12.2. The molecule has 35 heavy (non-hydrogen) atoms. The summed E-state index contributed by atoms with van der Waals surface area (Å²) < 4.78 is 16.0. The van der Waals surface area contributed by atoms with E-state index < -0.39 is 6.08 Å². The second-order valence-corrected chi connectivity index (χ2v) is 10.7. The molecule has 0 saturated carbocycles. The molecular formula is C25H33FN8O. The van der Waals surface area contributed by atoms with Crippen molar-refractivity contribution >= 4 is 34.3 Å². The first-order chi connectivity index (χ1) is 16.6. The number of fused-ring (bicyclic) bond motifs is 2. The number of carbonyl (C=O) groups excluding carboxylic acids is 1. The molecule has 0 spiro atoms. The van der Waals surface area contributed by atoms with Crippen LogP contribution in [0.4, 0.5) is 21.6 Å². The lowest BCUT2D eigenvalue weighted by atomic mass is 9.97. The first-order valence-corrected chi connectivity index (χ1v) is 12.2. The van der Waals surface area contributed by atoms with Gasteiger partial charge in [-0.3, -0.25) is 4.79 Å². The number of rotatable bonds is 7. The highest BCUT2D eigenvalue weighted by Gasteiger charge is 2.29. The molecule has 2 aromatic heterocycles. The van der Waals surface area contributed by atoms with Crippen molar-refractivity contribution in [2.45, 2.75) is 47.1 Å². The molecule has 1 aromatic carbocycles. The van der Waals surface area contributed by atoms with Gasteiger partial charge in [0.2, 0.25) is 5.91 Å². The van der Waals surface area contributed by atoms with Crippen LogP contribution in [-0.4, -0.2) is 58.1 Å². The Labute approximate surface area is 204 Å². The highest BCUT2D eigenvalue weighted by atomic mass is 19.1. The Morgan fingerprint density at radius 1 is 1.14 bits per heavy atom. The van der Waals surface area contributed by atoms with E-state index in [2.05, 4.69) is 53.1 Å². The average molecular weight is 481 g/mol. The monoisotopic (exact) mass is 480 g/mol. The van der Waals surface area contributed by atoms with Crippen molar-refractivity contribution < 1.29 is 9.18 Å². The maximum Gasteiger partial charge on any atom is 0.312 e. The van der Waals surface area contributed by atoms with Crippen molar-refractivity contribution in [2.24, 2.45) is 5.41 Å². The average Bonchev–Trinajstić information content (AvgIpc) is 3.44. The number of nitrogens with one attached hydrogen (secondary N) is 1. The van der Waals surface area contributed by atoms with Gasteiger partial charge < -0.3 is 25.4 Å². The summed E-state index contributed by atoms with van der Waals surface area (Å²) in [5, 5.41) is 3.47. The molecule has 2 aliphatic heterocycles. The van der Waals surface area contributed by atoms with E-state index >= 15 is 0 Å². The fourth-order valence-corrected chi connectivity index (χ4v) is 4.76. The van der Waals surface area contributed by atoms with Crippen molar-refractivity contribution in [1.29, 1.82) is 0 Å². The molecule has 1 amide bonds. The predicted octanol–water partition coefficient (Wildman–Crippen LogP) is 2.50. The lowest BCUT2D eigenvalue weighted by molar-refractivity contribution is -0.116. The van der Waals surface area contributed by atoms with Gasteiger partial charge in [-0.15, -0.1) is 0 Å². The Morgan fingerprint density at radius 2 is 1.91 bits per heavy atom. The first kappa shape index (κ1) is 23.5. The van der Waals surface area contributed by atoms with Gasteiger partial charge in [0.1, 0.15) is 5.82 Å². The summed E-state index contributed by atoms with van der Waals surface area (Å²) in [7, 11) is 0. The minimum absolute atomic E-state index is 0.0398. The van der Waals surface area contributed by atoms with Gasteiger partial charge in [0.15, 0.2) is 17.0 Å². The fourth-order valence-electron chi connectivity index (χ4n) is 4.76. The number of hydrogen-bond donors (Lipinski definition) is 2. The second kappa shape index (κ2) is 8.75. The molecule has 3 aromatic rings. The van der Waals surface area contributed by atoms with Gasteiger partial charge in [-0.25, -0.2) is 4.98 Å². The van der Waals surface area contributed by atoms with Crippen LogP contribution in [0, 0.1) is 11.5 Å². The molecule has 0 radical (unpaired) electrons. The Kier molecular flexibility index (Phi) is 5.86. The quantitative estimate of drug-likeness (QED) is 0.304. The summed E-state index contributed by atoms with van der Waals surface area (Å²) in [4.78, 5) is 28.8. The van der Waals surface area contributed by atoms with Crippen LogP contribution in [0.5, 0.6) is 0 Å². The van der Waals surface area contributed by atoms with Gasteiger partial charge in [-0.2, -0.15) is 14.4 Å². The van der Waals surface area contributed by atoms with Crippen LogP contribution < -0.4 is 20.9 Å². The topological polar surface area (TPSA) is 105 Å². The normalized spacial score (nSPS) is 15.2. The maximum atomic E-state index is 14.1. The zero-order valence-electron chi connectivity index (χ0n) is 20.9. The molecule has 5 rings (SSSR count). The van der Waals surface area contributed by atoms with E-state index in [9.17, 15) is 9.18 Å². The summed E-state index contributed by atoms with van der Waals surface area (Å²) in [6, 6.07) is 4.33. The van der Waals surface area contributed by atoms with Gasteiger partial charge in [0.25, 0.3) is 0 Å². The zero-order chi connectivity index (χ0) is 24.9. The Bertz CT molecular complexity index is 1290. The number of nitrogens with two attached hydrogens (primary N) is 1. The number of aromatic nitrogens is 4. The standard InChI is InChI=1S/C25H33FN8O/c1-15(35)33-7-5-16-11-18(32-9-10-32)17(12-19(16)33)13-20-29-21-22(27)30-24(26)31-23(21)34(20)8-6-28-14-25(2,3)4/h11-12,28H,5-10,13-14H2,1-4H3,(H2,27,30,31). The fraction of sp³-hybridized carbons (Fsp3) is 0.520. The summed E-state index contributed by atoms with van der Waals surface area (Å²) >= 11 is 0. The summed E-state index contributed by atoms with van der Waals surface area (Å²) in [5.41, 5.74) is 11.4. The molecule has 4 heterocycles. The lowest BCUT2D eigenvalue weighted by Crippen LogP contribution is -2.30. The molecule has 0 bridgehead atoms. The highest BCUT2D eigenvalue weighted by molar-refractivity contribution is 5.94. The van der Waals surface area contributed by atoms with Crippen LogP contribution in [0.3, 0.4) is 0 Å². The smallest absolute Gasteiger partial charge is 0.312 e. The van der Waals surface area contributed by atoms with Crippen LogP contribution in [0.15, 0.2) is 12.1 Å². The molecule has 2 aliphatic rings. The minimum atomic E-state index is -0.857. The largest absolute Gasteiger partial charge is 0.382 e. The van der Waals surface area contributed by atoms with Crippen LogP contribution in [0.25, 0.3) is 11.2 Å². The van der Waals surface area contributed by atoms with E-state index in [-0.39, 0.29) is 17.1 Å². The molecule has 0 unspecified atom stereocenters. The molecule has 1 fully saturated rings. The third kappa shape index (κ3) is 4.80. The number of imidazole rings is 1. The number of nitrogens with zero attached hydrogens (tertiary/aromatic N) is 6. The Morgan fingerprint density at radius 3 is 2.60 bits per heavy atom. The van der Waals surface area contributed by atoms with Crippen molar-refractivity contribution in [3.8, 4) is 0 Å². The molecule has 3 N–H and O–H groups in total. The number of halogens is 1. The third-order valence-corrected chi connectivity index (χ3v) is 6.53. The number of benzene rings is 1. The van der Waals surface area contributed by atoms with E-state index in [4.69, 9.17) is 10.7 Å². The van der Waals surface area contributed by atoms with Gasteiger partial charge in [0, 0.05) is 64.0 Å². The van der Waals surface area contributed by atoms with E-state index in [0.717, 1.165) is 43.1 Å². The van der Waals surface area contributed by atoms with E-state index in [1.807, 2.05) is 9.47 Å². The minimum Gasteiger partial charge on any atom is -0.382 e. The number of anilines is 3. The Balaban J connectivity index is 1.53. The van der Waals surface area contributed by atoms with Crippen molar-refractivity contribution in [3.05, 3.63) is 35.2 Å². The van der Waals surface area contributed by atoms with E-state index in [1.165, 1.54) is 11.3 Å². The molecular weight excluding hydrogens is 447 g/mol. The Hall–Kier alpha value is -3.27. The number of hydrogen-bond acceptors (Lipinski definition) is 7. The highest BCUT2D eigenvalue weighted by Crippen LogP contribution is 2.38. The van der Waals surface area contributed by atoms with Crippen molar-refractivity contribution in [1.82, 2.24) is 24.8 Å². The predicted molar refractivity (Wildman–Crippen MR) is 135 cm³/mol. The van der Waals surface area contributed by atoms with Gasteiger partial charge >= 0.3 is 6.08 Å². The summed E-state index contributed by atoms with van der Waals surface area (Å²) in [5.74, 6) is 0.836. The summed E-state index contributed by atoms with van der Waals surface area (Å²) in [6.45, 7) is 13.0. The van der Waals surface area contributed by atoms with Crippen molar-refractivity contribution in [2.75, 3.05) is 48.3 Å². The van der Waals surface area contributed by atoms with E-state index in [0.29, 0.717) is 37.2 Å². The number of amides is 1. The summed E-state index contributed by atoms with van der Waals surface area (Å²) in [6.07, 6.45) is 0.519. The van der Waals surface area contributed by atoms with Crippen LogP contribution in [-0.2, 0) is 24.2 Å². The van der Waals surface area contributed by atoms with Crippen molar-refractivity contribution in [3.63, 3.8) is 0 Å². The lowest BCUT2D eigenvalue weighted by Gasteiger charge is -2.20. The van der Waals surface area contributed by atoms with E-state index in [1.54, 1.807) is 6.92 Å². The molecule has 0 atom stereocenters.